The Morgan fingerprint density at radius 2 is 1.83 bits per heavy atom. The Morgan fingerprint density at radius 3 is 2.61 bits per heavy atom. The van der Waals surface area contributed by atoms with E-state index in [2.05, 4.69) is 20.8 Å². The summed E-state index contributed by atoms with van der Waals surface area (Å²) in [7, 11) is 0. The van der Waals surface area contributed by atoms with Gasteiger partial charge in [-0.15, -0.1) is 0 Å². The summed E-state index contributed by atoms with van der Waals surface area (Å²) < 4.78 is 0. The minimum atomic E-state index is 0.459. The van der Waals surface area contributed by atoms with E-state index in [0.29, 0.717) is 22.5 Å². The van der Waals surface area contributed by atoms with Gasteiger partial charge in [0.1, 0.15) is 5.78 Å². The first-order valence-corrected chi connectivity index (χ1v) is 7.95. The van der Waals surface area contributed by atoms with E-state index in [0.717, 1.165) is 24.7 Å². The topological polar surface area (TPSA) is 17.1 Å². The summed E-state index contributed by atoms with van der Waals surface area (Å²) in [5.41, 5.74) is 0.958. The molecule has 3 aliphatic carbocycles. The Bertz CT molecular complexity index is 357. The molecule has 3 fully saturated rings. The molecule has 0 bridgehead atoms. The van der Waals surface area contributed by atoms with Crippen molar-refractivity contribution in [3.8, 4) is 0 Å². The van der Waals surface area contributed by atoms with Gasteiger partial charge in [0.25, 0.3) is 0 Å². The number of Topliss-reactive ketones (excluding diaryl/α,β-unsaturated/α-hetero) is 1. The van der Waals surface area contributed by atoms with E-state index < -0.39 is 0 Å². The van der Waals surface area contributed by atoms with Crippen molar-refractivity contribution in [3.63, 3.8) is 0 Å². The van der Waals surface area contributed by atoms with Crippen LogP contribution in [0.5, 0.6) is 0 Å². The molecule has 0 spiro atoms. The van der Waals surface area contributed by atoms with E-state index in [1.165, 1.54) is 38.5 Å². The third-order valence-electron chi connectivity index (χ3n) is 6.76. The molecule has 0 aliphatic heterocycles. The SMILES string of the molecule is CC1(C)CCC[C@]2(C)[C@H]3CC(=O)CC[C@@H]3CC[C@@H]12. The van der Waals surface area contributed by atoms with Gasteiger partial charge in [0.2, 0.25) is 0 Å². The fourth-order valence-electron chi connectivity index (χ4n) is 5.89. The van der Waals surface area contributed by atoms with E-state index in [9.17, 15) is 4.79 Å². The van der Waals surface area contributed by atoms with Crippen molar-refractivity contribution >= 4 is 5.78 Å². The maximum atomic E-state index is 11.9. The fourth-order valence-corrected chi connectivity index (χ4v) is 5.89. The first kappa shape index (κ1) is 12.7. The largest absolute Gasteiger partial charge is 0.300 e. The Hall–Kier alpha value is -0.330. The molecule has 0 aromatic carbocycles. The summed E-state index contributed by atoms with van der Waals surface area (Å²) in [5, 5.41) is 0. The number of hydrogen-bond donors (Lipinski definition) is 0. The van der Waals surface area contributed by atoms with E-state index in [1.807, 2.05) is 0 Å². The molecule has 0 amide bonds. The van der Waals surface area contributed by atoms with Crippen molar-refractivity contribution in [1.29, 1.82) is 0 Å². The van der Waals surface area contributed by atoms with Gasteiger partial charge < -0.3 is 0 Å². The second-order valence-corrected chi connectivity index (χ2v) is 8.13. The second-order valence-electron chi connectivity index (χ2n) is 8.13. The van der Waals surface area contributed by atoms with Crippen molar-refractivity contribution in [2.24, 2.45) is 28.6 Å². The number of hydrogen-bond acceptors (Lipinski definition) is 1. The van der Waals surface area contributed by atoms with Crippen LogP contribution in [0.3, 0.4) is 0 Å². The molecule has 18 heavy (non-hydrogen) atoms. The highest BCUT2D eigenvalue weighted by Gasteiger charge is 2.55. The summed E-state index contributed by atoms with van der Waals surface area (Å²) in [4.78, 5) is 11.9. The Morgan fingerprint density at radius 1 is 1.06 bits per heavy atom. The third kappa shape index (κ3) is 1.77. The molecule has 0 heterocycles. The fraction of sp³-hybridized carbons (Fsp3) is 0.941. The first-order valence-electron chi connectivity index (χ1n) is 7.95. The van der Waals surface area contributed by atoms with Gasteiger partial charge in [-0.05, 0) is 60.7 Å². The van der Waals surface area contributed by atoms with Gasteiger partial charge >= 0.3 is 0 Å². The molecular weight excluding hydrogens is 220 g/mol. The average molecular weight is 248 g/mol. The van der Waals surface area contributed by atoms with Gasteiger partial charge in [-0.25, -0.2) is 0 Å². The molecule has 0 radical (unpaired) electrons. The van der Waals surface area contributed by atoms with Crippen LogP contribution in [0, 0.1) is 28.6 Å². The number of ketones is 1. The van der Waals surface area contributed by atoms with Crippen LogP contribution >= 0.6 is 0 Å². The smallest absolute Gasteiger partial charge is 0.133 e. The summed E-state index contributed by atoms with van der Waals surface area (Å²) in [5.74, 6) is 2.96. The zero-order valence-corrected chi connectivity index (χ0v) is 12.3. The summed E-state index contributed by atoms with van der Waals surface area (Å²) >= 11 is 0. The number of carbonyl (C=O) groups excluding carboxylic acids is 1. The molecule has 0 aromatic heterocycles. The highest BCUT2D eigenvalue weighted by Crippen LogP contribution is 2.63. The molecule has 1 nitrogen and oxygen atoms in total. The van der Waals surface area contributed by atoms with E-state index in [1.54, 1.807) is 0 Å². The van der Waals surface area contributed by atoms with E-state index in [4.69, 9.17) is 0 Å². The lowest BCUT2D eigenvalue weighted by atomic mass is 9.44. The van der Waals surface area contributed by atoms with Crippen LogP contribution in [0.4, 0.5) is 0 Å². The van der Waals surface area contributed by atoms with Gasteiger partial charge in [0.15, 0.2) is 0 Å². The number of carbonyl (C=O) groups is 1. The molecule has 102 valence electrons. The molecule has 0 unspecified atom stereocenters. The van der Waals surface area contributed by atoms with Gasteiger partial charge in [-0.1, -0.05) is 27.2 Å². The molecule has 0 N–H and O–H groups in total. The maximum absolute atomic E-state index is 11.9. The van der Waals surface area contributed by atoms with Crippen molar-refractivity contribution in [2.75, 3.05) is 0 Å². The molecule has 4 atom stereocenters. The predicted octanol–water partition coefficient (Wildman–Crippen LogP) is 4.60. The van der Waals surface area contributed by atoms with Crippen molar-refractivity contribution in [3.05, 3.63) is 0 Å². The predicted molar refractivity (Wildman–Crippen MR) is 74.3 cm³/mol. The molecule has 0 saturated heterocycles. The Balaban J connectivity index is 1.92. The molecule has 0 aromatic rings. The van der Waals surface area contributed by atoms with Crippen LogP contribution in [-0.4, -0.2) is 5.78 Å². The summed E-state index contributed by atoms with van der Waals surface area (Å²) in [6.45, 7) is 7.47. The van der Waals surface area contributed by atoms with Crippen LogP contribution in [0.2, 0.25) is 0 Å². The minimum Gasteiger partial charge on any atom is -0.300 e. The monoisotopic (exact) mass is 248 g/mol. The summed E-state index contributed by atoms with van der Waals surface area (Å²) in [6, 6.07) is 0. The number of fused-ring (bicyclic) bond motifs is 3. The van der Waals surface area contributed by atoms with E-state index in [-0.39, 0.29) is 0 Å². The lowest BCUT2D eigenvalue weighted by Gasteiger charge is -2.60. The van der Waals surface area contributed by atoms with Crippen molar-refractivity contribution in [2.45, 2.75) is 72.1 Å². The highest BCUT2D eigenvalue weighted by atomic mass is 16.1. The van der Waals surface area contributed by atoms with Crippen LogP contribution in [0.25, 0.3) is 0 Å². The molecule has 3 saturated carbocycles. The quantitative estimate of drug-likeness (QED) is 0.612. The third-order valence-corrected chi connectivity index (χ3v) is 6.76. The van der Waals surface area contributed by atoms with Gasteiger partial charge in [0, 0.05) is 12.8 Å². The lowest BCUT2D eigenvalue weighted by Crippen LogP contribution is -2.53. The van der Waals surface area contributed by atoms with Gasteiger partial charge in [0.05, 0.1) is 0 Å². The Labute approximate surface area is 112 Å². The zero-order chi connectivity index (χ0) is 13.0. The van der Waals surface area contributed by atoms with Crippen LogP contribution in [0.1, 0.15) is 72.1 Å². The Kier molecular flexibility index (Phi) is 2.88. The van der Waals surface area contributed by atoms with Crippen molar-refractivity contribution < 1.29 is 4.79 Å². The molecule has 3 aliphatic rings. The highest BCUT2D eigenvalue weighted by molar-refractivity contribution is 5.79. The van der Waals surface area contributed by atoms with Gasteiger partial charge in [-0.2, -0.15) is 0 Å². The zero-order valence-electron chi connectivity index (χ0n) is 12.3. The summed E-state index contributed by atoms with van der Waals surface area (Å²) in [6.07, 6.45) is 9.89. The average Bonchev–Trinajstić information content (AvgIpc) is 2.29. The van der Waals surface area contributed by atoms with Crippen molar-refractivity contribution in [1.82, 2.24) is 0 Å². The molecular formula is C17H28O. The first-order chi connectivity index (χ1) is 8.43. The standard InChI is InChI=1S/C17H28O/c1-16(2)9-4-10-17(3)14-11-13(18)7-5-12(14)6-8-15(16)17/h12,14-15H,4-11H2,1-3H3/t12-,14+,15+,17-/m1/s1. The lowest BCUT2D eigenvalue weighted by molar-refractivity contribution is -0.138. The van der Waals surface area contributed by atoms with E-state index >= 15 is 0 Å². The minimum absolute atomic E-state index is 0.459. The maximum Gasteiger partial charge on any atom is 0.133 e. The molecule has 1 heteroatoms. The molecule has 3 rings (SSSR count). The van der Waals surface area contributed by atoms with Crippen LogP contribution in [-0.2, 0) is 4.79 Å². The van der Waals surface area contributed by atoms with Gasteiger partial charge in [-0.3, -0.25) is 4.79 Å². The second kappa shape index (κ2) is 4.08. The normalized spacial score (nSPS) is 47.3. The van der Waals surface area contributed by atoms with Crippen LogP contribution < -0.4 is 0 Å². The van der Waals surface area contributed by atoms with Crippen LogP contribution in [0.15, 0.2) is 0 Å². The number of rotatable bonds is 0.